The van der Waals surface area contributed by atoms with Crippen molar-refractivity contribution in [2.75, 3.05) is 32.8 Å². The van der Waals surface area contributed by atoms with E-state index in [1.165, 1.54) is 5.56 Å². The van der Waals surface area contributed by atoms with Gasteiger partial charge in [0.1, 0.15) is 0 Å². The predicted molar refractivity (Wildman–Crippen MR) is 84.9 cm³/mol. The summed E-state index contributed by atoms with van der Waals surface area (Å²) in [4.78, 5) is 17.5. The molecule has 0 amide bonds. The summed E-state index contributed by atoms with van der Waals surface area (Å²) < 4.78 is 5.34. The predicted octanol–water partition coefficient (Wildman–Crippen LogP) is 2.10. The molecule has 0 spiro atoms. The van der Waals surface area contributed by atoms with E-state index in [2.05, 4.69) is 22.0 Å². The molecule has 2 heterocycles. The number of rotatable bonds is 4. The molecule has 0 unspecified atom stereocenters. The maximum absolute atomic E-state index is 12.1. The highest BCUT2D eigenvalue weighted by atomic mass is 16.5. The van der Waals surface area contributed by atoms with Crippen LogP contribution in [-0.4, -0.2) is 42.7 Å². The Morgan fingerprint density at radius 2 is 2.05 bits per heavy atom. The van der Waals surface area contributed by atoms with Crippen LogP contribution in [0.2, 0.25) is 0 Å². The van der Waals surface area contributed by atoms with Gasteiger partial charge in [-0.1, -0.05) is 12.1 Å². The number of nitrogens with one attached hydrogen (secondary N) is 1. The smallest absolute Gasteiger partial charge is 0.251 e. The molecule has 0 aliphatic carbocycles. The quantitative estimate of drug-likeness (QED) is 0.936. The number of pyridine rings is 1. The molecule has 0 atom stereocenters. The van der Waals surface area contributed by atoms with Gasteiger partial charge in [0.05, 0.1) is 13.2 Å². The number of benzene rings is 1. The van der Waals surface area contributed by atoms with Crippen molar-refractivity contribution in [1.82, 2.24) is 9.88 Å². The van der Waals surface area contributed by atoms with E-state index in [0.29, 0.717) is 0 Å². The molecule has 1 N–H and O–H groups in total. The number of aromatic nitrogens is 1. The molecule has 1 saturated heterocycles. The molecular formula is C17H22N2O2. The number of hydrogen-bond acceptors (Lipinski definition) is 3. The Balaban J connectivity index is 1.67. The minimum atomic E-state index is 0.0510. The molecule has 1 aliphatic heterocycles. The van der Waals surface area contributed by atoms with Crippen LogP contribution < -0.4 is 5.56 Å². The van der Waals surface area contributed by atoms with Gasteiger partial charge in [0, 0.05) is 24.2 Å². The second-order valence-electron chi connectivity index (χ2n) is 5.77. The van der Waals surface area contributed by atoms with E-state index in [1.807, 2.05) is 19.1 Å². The molecule has 1 aliphatic rings. The van der Waals surface area contributed by atoms with Gasteiger partial charge in [0.25, 0.3) is 5.56 Å². The van der Waals surface area contributed by atoms with Crippen LogP contribution in [0.1, 0.15) is 17.5 Å². The molecule has 1 fully saturated rings. The minimum absolute atomic E-state index is 0.0510. The van der Waals surface area contributed by atoms with Crippen LogP contribution >= 0.6 is 0 Å². The monoisotopic (exact) mass is 286 g/mol. The molecule has 0 saturated carbocycles. The highest BCUT2D eigenvalue weighted by molar-refractivity contribution is 5.79. The van der Waals surface area contributed by atoms with Gasteiger partial charge in [-0.05, 0) is 49.4 Å². The number of nitrogens with zero attached hydrogens (tertiary/aromatic N) is 1. The van der Waals surface area contributed by atoms with Gasteiger partial charge in [-0.2, -0.15) is 0 Å². The maximum atomic E-state index is 12.1. The molecule has 3 rings (SSSR count). The molecular weight excluding hydrogens is 264 g/mol. The van der Waals surface area contributed by atoms with E-state index in [1.54, 1.807) is 0 Å². The topological polar surface area (TPSA) is 45.3 Å². The van der Waals surface area contributed by atoms with Crippen LogP contribution in [0, 0.1) is 6.92 Å². The summed E-state index contributed by atoms with van der Waals surface area (Å²) in [5.74, 6) is 0. The fourth-order valence-electron chi connectivity index (χ4n) is 2.86. The molecule has 1 aromatic carbocycles. The zero-order valence-corrected chi connectivity index (χ0v) is 12.5. The fraction of sp³-hybridized carbons (Fsp3) is 0.471. The van der Waals surface area contributed by atoms with Crippen molar-refractivity contribution in [3.8, 4) is 0 Å². The molecule has 2 aromatic rings. The van der Waals surface area contributed by atoms with Crippen molar-refractivity contribution in [3.05, 3.63) is 45.7 Å². The Kier molecular flexibility index (Phi) is 4.36. The summed E-state index contributed by atoms with van der Waals surface area (Å²) in [6, 6.07) is 8.21. The van der Waals surface area contributed by atoms with E-state index in [0.717, 1.165) is 62.2 Å². The SMILES string of the molecule is Cc1ccc2cc(CCCN3CCOCC3)c(=O)[nH]c2c1. The Labute approximate surface area is 124 Å². The number of aryl methyl sites for hydroxylation is 2. The highest BCUT2D eigenvalue weighted by Crippen LogP contribution is 2.14. The third-order valence-corrected chi connectivity index (χ3v) is 4.10. The van der Waals surface area contributed by atoms with Gasteiger partial charge >= 0.3 is 0 Å². The molecule has 1 aromatic heterocycles. The first-order valence-electron chi connectivity index (χ1n) is 7.65. The summed E-state index contributed by atoms with van der Waals surface area (Å²) in [5.41, 5.74) is 3.03. The molecule has 21 heavy (non-hydrogen) atoms. The molecule has 0 bridgehead atoms. The standard InChI is InChI=1S/C17H22N2O2/c1-13-4-5-14-12-15(17(20)18-16(14)11-13)3-2-6-19-7-9-21-10-8-19/h4-5,11-12H,2-3,6-10H2,1H3,(H,18,20). The van der Waals surface area contributed by atoms with E-state index in [4.69, 9.17) is 4.74 Å². The Morgan fingerprint density at radius 3 is 2.86 bits per heavy atom. The molecule has 0 radical (unpaired) electrons. The second-order valence-corrected chi connectivity index (χ2v) is 5.77. The van der Waals surface area contributed by atoms with Gasteiger partial charge in [-0.25, -0.2) is 0 Å². The lowest BCUT2D eigenvalue weighted by Crippen LogP contribution is -2.37. The van der Waals surface area contributed by atoms with Crippen LogP contribution in [0.3, 0.4) is 0 Å². The number of morpholine rings is 1. The number of fused-ring (bicyclic) bond motifs is 1. The van der Waals surface area contributed by atoms with Crippen molar-refractivity contribution in [1.29, 1.82) is 0 Å². The van der Waals surface area contributed by atoms with E-state index in [9.17, 15) is 4.79 Å². The van der Waals surface area contributed by atoms with Crippen molar-refractivity contribution in [3.63, 3.8) is 0 Å². The summed E-state index contributed by atoms with van der Waals surface area (Å²) in [7, 11) is 0. The average molecular weight is 286 g/mol. The average Bonchev–Trinajstić information content (AvgIpc) is 2.49. The fourth-order valence-corrected chi connectivity index (χ4v) is 2.86. The van der Waals surface area contributed by atoms with Gasteiger partial charge in [0.2, 0.25) is 0 Å². The van der Waals surface area contributed by atoms with Gasteiger partial charge in [-0.3, -0.25) is 9.69 Å². The number of aromatic amines is 1. The number of ether oxygens (including phenoxy) is 1. The Bertz CT molecular complexity index is 672. The van der Waals surface area contributed by atoms with E-state index in [-0.39, 0.29) is 5.56 Å². The van der Waals surface area contributed by atoms with Crippen LogP contribution in [0.5, 0.6) is 0 Å². The molecule has 4 heteroatoms. The second kappa shape index (κ2) is 6.41. The highest BCUT2D eigenvalue weighted by Gasteiger charge is 2.10. The van der Waals surface area contributed by atoms with Crippen LogP contribution in [-0.2, 0) is 11.2 Å². The van der Waals surface area contributed by atoms with Crippen molar-refractivity contribution in [2.45, 2.75) is 19.8 Å². The van der Waals surface area contributed by atoms with Crippen LogP contribution in [0.25, 0.3) is 10.9 Å². The normalized spacial score (nSPS) is 16.4. The number of hydrogen-bond donors (Lipinski definition) is 1. The van der Waals surface area contributed by atoms with Gasteiger partial charge in [0.15, 0.2) is 0 Å². The summed E-state index contributed by atoms with van der Waals surface area (Å²) in [6.45, 7) is 6.75. The zero-order chi connectivity index (χ0) is 14.7. The molecule has 112 valence electrons. The van der Waals surface area contributed by atoms with Crippen LogP contribution in [0.15, 0.2) is 29.1 Å². The van der Waals surface area contributed by atoms with Crippen molar-refractivity contribution >= 4 is 10.9 Å². The van der Waals surface area contributed by atoms with E-state index >= 15 is 0 Å². The lowest BCUT2D eigenvalue weighted by Gasteiger charge is -2.26. The lowest BCUT2D eigenvalue weighted by molar-refractivity contribution is 0.0374. The Hall–Kier alpha value is -1.65. The zero-order valence-electron chi connectivity index (χ0n) is 12.5. The van der Waals surface area contributed by atoms with E-state index < -0.39 is 0 Å². The summed E-state index contributed by atoms with van der Waals surface area (Å²) in [6.07, 6.45) is 1.84. The first kappa shape index (κ1) is 14.3. The lowest BCUT2D eigenvalue weighted by atomic mass is 10.1. The largest absolute Gasteiger partial charge is 0.379 e. The number of H-pyrrole nitrogens is 1. The molecule has 4 nitrogen and oxygen atoms in total. The van der Waals surface area contributed by atoms with Gasteiger partial charge < -0.3 is 9.72 Å². The van der Waals surface area contributed by atoms with Crippen LogP contribution in [0.4, 0.5) is 0 Å². The Morgan fingerprint density at radius 1 is 1.24 bits per heavy atom. The summed E-state index contributed by atoms with van der Waals surface area (Å²) in [5, 5.41) is 1.11. The third-order valence-electron chi connectivity index (χ3n) is 4.10. The van der Waals surface area contributed by atoms with Crippen molar-refractivity contribution in [2.24, 2.45) is 0 Å². The third kappa shape index (κ3) is 3.52. The maximum Gasteiger partial charge on any atom is 0.251 e. The van der Waals surface area contributed by atoms with Crippen molar-refractivity contribution < 1.29 is 4.74 Å². The van der Waals surface area contributed by atoms with Gasteiger partial charge in [-0.15, -0.1) is 0 Å². The first-order valence-corrected chi connectivity index (χ1v) is 7.65. The minimum Gasteiger partial charge on any atom is -0.379 e. The summed E-state index contributed by atoms with van der Waals surface area (Å²) >= 11 is 0. The first-order chi connectivity index (χ1) is 10.2.